The van der Waals surface area contributed by atoms with Crippen LogP contribution in [0.1, 0.15) is 0 Å². The van der Waals surface area contributed by atoms with Gasteiger partial charge >= 0.3 is 0 Å². The lowest BCUT2D eigenvalue weighted by molar-refractivity contribution is 0.617. The molecule has 8 heteroatoms. The summed E-state index contributed by atoms with van der Waals surface area (Å²) in [7, 11) is 0. The molecule has 0 spiro atoms. The van der Waals surface area contributed by atoms with Crippen LogP contribution >= 0.6 is 0 Å². The van der Waals surface area contributed by atoms with Gasteiger partial charge in [0.15, 0.2) is 28.6 Å². The largest absolute Gasteiger partial charge is 0.456 e. The lowest BCUT2D eigenvalue weighted by atomic mass is 10.0. The Labute approximate surface area is 301 Å². The molecule has 0 radical (unpaired) electrons. The molecular formula is C45H25N5O3. The zero-order chi connectivity index (χ0) is 34.9. The Balaban J connectivity index is 1.18. The van der Waals surface area contributed by atoms with Crippen molar-refractivity contribution >= 4 is 54.9 Å². The first kappa shape index (κ1) is 29.3. The topological polar surface area (TPSA) is 104 Å². The van der Waals surface area contributed by atoms with Crippen LogP contribution in [0.25, 0.3) is 112 Å². The smallest absolute Gasteiger partial charge is 0.227 e. The van der Waals surface area contributed by atoms with Gasteiger partial charge in [0.25, 0.3) is 0 Å². The molecular weight excluding hydrogens is 659 g/mol. The molecule has 11 aromatic rings. The summed E-state index contributed by atoms with van der Waals surface area (Å²) in [6.07, 6.45) is 0. The third-order valence-corrected chi connectivity index (χ3v) is 9.56. The molecule has 7 aromatic carbocycles. The molecule has 8 nitrogen and oxygen atoms in total. The first-order valence-corrected chi connectivity index (χ1v) is 17.2. The lowest BCUT2D eigenvalue weighted by Crippen LogP contribution is -2.01. The second-order valence-electron chi connectivity index (χ2n) is 12.9. The highest BCUT2D eigenvalue weighted by Crippen LogP contribution is 2.38. The van der Waals surface area contributed by atoms with Gasteiger partial charge in [-0.1, -0.05) is 91.0 Å². The van der Waals surface area contributed by atoms with Crippen LogP contribution in [0.5, 0.6) is 0 Å². The summed E-state index contributed by atoms with van der Waals surface area (Å²) >= 11 is 0. The molecule has 0 aliphatic carbocycles. The number of oxazole rings is 2. The summed E-state index contributed by atoms with van der Waals surface area (Å²) < 4.78 is 18.8. The Morgan fingerprint density at radius 1 is 0.340 bits per heavy atom. The van der Waals surface area contributed by atoms with Gasteiger partial charge in [0.1, 0.15) is 22.2 Å². The molecule has 4 heterocycles. The van der Waals surface area contributed by atoms with Crippen molar-refractivity contribution in [1.29, 1.82) is 0 Å². The van der Waals surface area contributed by atoms with Gasteiger partial charge in [0, 0.05) is 38.6 Å². The normalized spacial score (nSPS) is 11.8. The molecule has 0 atom stereocenters. The maximum absolute atomic E-state index is 6.28. The highest BCUT2D eigenvalue weighted by atomic mass is 16.4. The summed E-state index contributed by atoms with van der Waals surface area (Å²) in [6, 6.07) is 49.9. The molecule has 0 bridgehead atoms. The van der Waals surface area contributed by atoms with Crippen molar-refractivity contribution in [2.75, 3.05) is 0 Å². The van der Waals surface area contributed by atoms with E-state index in [0.717, 1.165) is 71.6 Å². The van der Waals surface area contributed by atoms with Crippen molar-refractivity contribution in [1.82, 2.24) is 24.9 Å². The van der Waals surface area contributed by atoms with E-state index in [0.29, 0.717) is 40.4 Å². The molecule has 53 heavy (non-hydrogen) atoms. The van der Waals surface area contributed by atoms with Crippen molar-refractivity contribution in [3.63, 3.8) is 0 Å². The fraction of sp³-hybridized carbons (Fsp3) is 0. The van der Waals surface area contributed by atoms with Crippen LogP contribution in [-0.4, -0.2) is 24.9 Å². The number of para-hydroxylation sites is 5. The zero-order valence-electron chi connectivity index (χ0n) is 27.9. The van der Waals surface area contributed by atoms with E-state index >= 15 is 0 Å². The number of hydrogen-bond acceptors (Lipinski definition) is 8. The summed E-state index contributed by atoms with van der Waals surface area (Å²) in [4.78, 5) is 25.1. The number of hydrogen-bond donors (Lipinski definition) is 0. The first-order chi connectivity index (χ1) is 26.2. The second-order valence-corrected chi connectivity index (χ2v) is 12.9. The van der Waals surface area contributed by atoms with Gasteiger partial charge in [0.05, 0.1) is 0 Å². The molecule has 248 valence electrons. The molecule has 0 saturated heterocycles. The molecule has 0 N–H and O–H groups in total. The van der Waals surface area contributed by atoms with Gasteiger partial charge in [-0.05, 0) is 71.4 Å². The molecule has 0 fully saturated rings. The van der Waals surface area contributed by atoms with E-state index in [1.54, 1.807) is 0 Å². The van der Waals surface area contributed by atoms with E-state index in [1.807, 2.05) is 115 Å². The summed E-state index contributed by atoms with van der Waals surface area (Å²) in [5, 5.41) is 4.16. The van der Waals surface area contributed by atoms with E-state index in [2.05, 4.69) is 36.4 Å². The standard InChI is InChI=1S/C45H25N5O3/c1-2-11-27-22-28(21-20-26(27)10-1)41-48-42(50-43(49-41)33-13-9-19-39-40(33)32-12-3-6-16-36(32)51-39)29-23-30(44-46-34-14-4-7-17-37(34)52-44)25-31(24-29)45-47-35-15-5-8-18-38(35)53-45/h1-25H. The van der Waals surface area contributed by atoms with Crippen LogP contribution in [-0.2, 0) is 0 Å². The molecule has 0 aliphatic rings. The molecule has 11 rings (SSSR count). The maximum atomic E-state index is 6.28. The van der Waals surface area contributed by atoms with E-state index in [9.17, 15) is 0 Å². The Hall–Kier alpha value is -7.45. The summed E-state index contributed by atoms with van der Waals surface area (Å²) in [6.45, 7) is 0. The van der Waals surface area contributed by atoms with Gasteiger partial charge in [-0.3, -0.25) is 0 Å². The fourth-order valence-corrected chi connectivity index (χ4v) is 7.04. The van der Waals surface area contributed by atoms with Crippen molar-refractivity contribution < 1.29 is 13.3 Å². The molecule has 0 unspecified atom stereocenters. The van der Waals surface area contributed by atoms with Gasteiger partial charge in [-0.25, -0.2) is 24.9 Å². The predicted molar refractivity (Wildman–Crippen MR) is 207 cm³/mol. The predicted octanol–water partition coefficient (Wildman–Crippen LogP) is 11.5. The van der Waals surface area contributed by atoms with Crippen molar-refractivity contribution in [3.05, 3.63) is 152 Å². The van der Waals surface area contributed by atoms with Crippen LogP contribution in [0.4, 0.5) is 0 Å². The van der Waals surface area contributed by atoms with Crippen molar-refractivity contribution in [3.8, 4) is 57.1 Å². The van der Waals surface area contributed by atoms with Crippen LogP contribution in [0.15, 0.2) is 165 Å². The van der Waals surface area contributed by atoms with E-state index in [1.165, 1.54) is 0 Å². The van der Waals surface area contributed by atoms with E-state index in [4.69, 9.17) is 38.2 Å². The second kappa shape index (κ2) is 11.5. The summed E-state index contributed by atoms with van der Waals surface area (Å²) in [5.74, 6) is 2.45. The minimum absolute atomic E-state index is 0.462. The van der Waals surface area contributed by atoms with Crippen LogP contribution in [0, 0.1) is 0 Å². The Bertz CT molecular complexity index is 3050. The molecule has 0 saturated carbocycles. The van der Waals surface area contributed by atoms with Crippen molar-refractivity contribution in [2.45, 2.75) is 0 Å². The number of benzene rings is 7. The first-order valence-electron chi connectivity index (χ1n) is 17.2. The highest BCUT2D eigenvalue weighted by molar-refractivity contribution is 6.11. The number of nitrogens with zero attached hydrogens (tertiary/aromatic N) is 5. The average Bonchev–Trinajstić information content (AvgIpc) is 3.96. The number of furan rings is 1. The molecule has 0 amide bonds. The fourth-order valence-electron chi connectivity index (χ4n) is 7.04. The van der Waals surface area contributed by atoms with Gasteiger partial charge in [-0.2, -0.15) is 0 Å². The van der Waals surface area contributed by atoms with Gasteiger partial charge < -0.3 is 13.3 Å². The maximum Gasteiger partial charge on any atom is 0.227 e. The molecule has 4 aromatic heterocycles. The van der Waals surface area contributed by atoms with Crippen LogP contribution < -0.4 is 0 Å². The third kappa shape index (κ3) is 4.96. The Morgan fingerprint density at radius 2 is 0.906 bits per heavy atom. The monoisotopic (exact) mass is 683 g/mol. The SMILES string of the molecule is c1ccc2cc(-c3nc(-c4cc(-c5nc6ccccc6o5)cc(-c5nc6ccccc6o5)c4)nc(-c4cccc5oc6ccccc6c45)n3)ccc2c1. The highest BCUT2D eigenvalue weighted by Gasteiger charge is 2.21. The quantitative estimate of drug-likeness (QED) is 0.176. The van der Waals surface area contributed by atoms with E-state index < -0.39 is 0 Å². The minimum atomic E-state index is 0.462. The van der Waals surface area contributed by atoms with Crippen LogP contribution in [0.2, 0.25) is 0 Å². The number of rotatable bonds is 5. The Morgan fingerprint density at radius 3 is 1.62 bits per heavy atom. The minimum Gasteiger partial charge on any atom is -0.456 e. The lowest BCUT2D eigenvalue weighted by Gasteiger charge is -2.11. The Kier molecular flexibility index (Phi) is 6.38. The number of fused-ring (bicyclic) bond motifs is 6. The zero-order valence-corrected chi connectivity index (χ0v) is 27.9. The van der Waals surface area contributed by atoms with Crippen LogP contribution in [0.3, 0.4) is 0 Å². The van der Waals surface area contributed by atoms with E-state index in [-0.39, 0.29) is 0 Å². The molecule has 0 aliphatic heterocycles. The summed E-state index contributed by atoms with van der Waals surface area (Å²) in [5.41, 5.74) is 8.35. The number of aromatic nitrogens is 5. The third-order valence-electron chi connectivity index (χ3n) is 9.56. The average molecular weight is 684 g/mol. The van der Waals surface area contributed by atoms with Gasteiger partial charge in [0.2, 0.25) is 11.8 Å². The van der Waals surface area contributed by atoms with Gasteiger partial charge in [-0.15, -0.1) is 0 Å². The van der Waals surface area contributed by atoms with Crippen molar-refractivity contribution in [2.24, 2.45) is 0 Å².